The second kappa shape index (κ2) is 7.35. The van der Waals surface area contributed by atoms with Gasteiger partial charge < -0.3 is 10.7 Å². The average molecular weight is 323 g/mol. The standard InChI is InChI=1S/C15H25N5OS/c16-20-14(12-7-3-1-4-8-12)17-18-15(20)22-11-13(21)19-9-5-2-6-10-19/h12H,1-11,16H2. The van der Waals surface area contributed by atoms with Gasteiger partial charge in [0, 0.05) is 19.0 Å². The smallest absolute Gasteiger partial charge is 0.233 e. The van der Waals surface area contributed by atoms with Crippen LogP contribution in [0, 0.1) is 0 Å². The van der Waals surface area contributed by atoms with E-state index in [-0.39, 0.29) is 5.91 Å². The molecule has 2 fully saturated rings. The molecule has 0 bridgehead atoms. The molecule has 3 rings (SSSR count). The highest BCUT2D eigenvalue weighted by Crippen LogP contribution is 2.32. The fourth-order valence-electron chi connectivity index (χ4n) is 3.39. The Balaban J connectivity index is 1.56. The second-order valence-electron chi connectivity index (χ2n) is 6.28. The van der Waals surface area contributed by atoms with Gasteiger partial charge in [-0.1, -0.05) is 31.0 Å². The van der Waals surface area contributed by atoms with Crippen LogP contribution < -0.4 is 5.84 Å². The molecule has 2 heterocycles. The zero-order valence-corrected chi connectivity index (χ0v) is 13.9. The maximum Gasteiger partial charge on any atom is 0.233 e. The molecule has 2 aliphatic rings. The van der Waals surface area contributed by atoms with Gasteiger partial charge in [0.1, 0.15) is 0 Å². The van der Waals surface area contributed by atoms with Crippen LogP contribution in [0.2, 0.25) is 0 Å². The van der Waals surface area contributed by atoms with Crippen molar-refractivity contribution in [2.24, 2.45) is 0 Å². The summed E-state index contributed by atoms with van der Waals surface area (Å²) in [5.74, 6) is 8.05. The van der Waals surface area contributed by atoms with Crippen LogP contribution in [0.1, 0.15) is 63.1 Å². The monoisotopic (exact) mass is 323 g/mol. The van der Waals surface area contributed by atoms with Crippen molar-refractivity contribution in [3.05, 3.63) is 5.82 Å². The van der Waals surface area contributed by atoms with Crippen LogP contribution in [0.5, 0.6) is 0 Å². The number of nitrogens with two attached hydrogens (primary N) is 1. The summed E-state index contributed by atoms with van der Waals surface area (Å²) in [6.45, 7) is 1.78. The van der Waals surface area contributed by atoms with Crippen LogP contribution >= 0.6 is 11.8 Å². The Morgan fingerprint density at radius 1 is 1.09 bits per heavy atom. The molecule has 1 saturated heterocycles. The maximum atomic E-state index is 12.2. The van der Waals surface area contributed by atoms with Gasteiger partial charge in [0.15, 0.2) is 5.82 Å². The summed E-state index contributed by atoms with van der Waals surface area (Å²) in [6.07, 6.45) is 9.56. The van der Waals surface area contributed by atoms with E-state index in [0.29, 0.717) is 16.8 Å². The molecule has 0 aromatic carbocycles. The van der Waals surface area contributed by atoms with Crippen LogP contribution in [0.25, 0.3) is 0 Å². The quantitative estimate of drug-likeness (QED) is 0.678. The highest BCUT2D eigenvalue weighted by Gasteiger charge is 2.23. The first-order valence-electron chi connectivity index (χ1n) is 8.36. The van der Waals surface area contributed by atoms with Gasteiger partial charge in [-0.3, -0.25) is 4.79 Å². The molecule has 1 aliphatic heterocycles. The molecule has 0 unspecified atom stereocenters. The van der Waals surface area contributed by atoms with E-state index in [1.165, 1.54) is 37.4 Å². The maximum absolute atomic E-state index is 12.2. The number of aromatic nitrogens is 3. The van der Waals surface area contributed by atoms with Crippen LogP contribution in [-0.4, -0.2) is 44.5 Å². The fraction of sp³-hybridized carbons (Fsp3) is 0.800. The molecule has 2 N–H and O–H groups in total. The molecule has 7 heteroatoms. The van der Waals surface area contributed by atoms with Gasteiger partial charge in [-0.25, -0.2) is 4.68 Å². The summed E-state index contributed by atoms with van der Waals surface area (Å²) in [7, 11) is 0. The minimum absolute atomic E-state index is 0.187. The van der Waals surface area contributed by atoms with Gasteiger partial charge in [0.05, 0.1) is 5.75 Å². The van der Waals surface area contributed by atoms with E-state index < -0.39 is 0 Å². The largest absolute Gasteiger partial charge is 0.342 e. The minimum atomic E-state index is 0.187. The number of amides is 1. The first kappa shape index (κ1) is 15.6. The lowest BCUT2D eigenvalue weighted by Crippen LogP contribution is -2.36. The molecular weight excluding hydrogens is 298 g/mol. The number of nitrogen functional groups attached to an aromatic ring is 1. The van der Waals surface area contributed by atoms with Crippen LogP contribution in [-0.2, 0) is 4.79 Å². The van der Waals surface area contributed by atoms with Crippen molar-refractivity contribution in [1.29, 1.82) is 0 Å². The number of carbonyl (C=O) groups excluding carboxylic acids is 1. The van der Waals surface area contributed by atoms with Gasteiger partial charge in [-0.05, 0) is 32.1 Å². The summed E-state index contributed by atoms with van der Waals surface area (Å²) in [5, 5.41) is 9.12. The van der Waals surface area contributed by atoms with Crippen LogP contribution in [0.4, 0.5) is 0 Å². The van der Waals surface area contributed by atoms with E-state index in [4.69, 9.17) is 5.84 Å². The van der Waals surface area contributed by atoms with E-state index in [1.54, 1.807) is 4.68 Å². The van der Waals surface area contributed by atoms with Gasteiger partial charge in [-0.15, -0.1) is 10.2 Å². The normalized spacial score (nSPS) is 20.3. The minimum Gasteiger partial charge on any atom is -0.342 e. The SMILES string of the molecule is Nn1c(SCC(=O)N2CCCCC2)nnc1C1CCCCC1. The third-order valence-electron chi connectivity index (χ3n) is 4.69. The molecule has 122 valence electrons. The Hall–Kier alpha value is -1.24. The van der Waals surface area contributed by atoms with Crippen molar-refractivity contribution in [1.82, 2.24) is 19.8 Å². The lowest BCUT2D eigenvalue weighted by molar-refractivity contribution is -0.129. The summed E-state index contributed by atoms with van der Waals surface area (Å²) in [5.41, 5.74) is 0. The van der Waals surface area contributed by atoms with Crippen molar-refractivity contribution in [3.63, 3.8) is 0 Å². The third-order valence-corrected chi connectivity index (χ3v) is 5.62. The van der Waals surface area contributed by atoms with Crippen molar-refractivity contribution in [2.45, 2.75) is 62.4 Å². The predicted molar refractivity (Wildman–Crippen MR) is 87.2 cm³/mol. The Labute approximate surface area is 135 Å². The molecule has 1 amide bonds. The number of likely N-dealkylation sites (tertiary alicyclic amines) is 1. The van der Waals surface area contributed by atoms with Crippen molar-refractivity contribution in [2.75, 3.05) is 24.7 Å². The third kappa shape index (κ3) is 3.56. The molecule has 1 aromatic rings. The first-order chi connectivity index (χ1) is 10.8. The van der Waals surface area contributed by atoms with E-state index in [2.05, 4.69) is 10.2 Å². The lowest BCUT2D eigenvalue weighted by atomic mass is 9.89. The molecule has 0 radical (unpaired) electrons. The Morgan fingerprint density at radius 3 is 2.50 bits per heavy atom. The van der Waals surface area contributed by atoms with E-state index in [0.717, 1.165) is 44.6 Å². The molecule has 22 heavy (non-hydrogen) atoms. The molecule has 1 saturated carbocycles. The molecule has 6 nitrogen and oxygen atoms in total. The average Bonchev–Trinajstić information content (AvgIpc) is 2.95. The molecule has 1 aromatic heterocycles. The second-order valence-corrected chi connectivity index (χ2v) is 7.22. The van der Waals surface area contributed by atoms with Crippen molar-refractivity contribution in [3.8, 4) is 0 Å². The molecule has 1 aliphatic carbocycles. The number of piperidine rings is 1. The first-order valence-corrected chi connectivity index (χ1v) is 9.35. The highest BCUT2D eigenvalue weighted by molar-refractivity contribution is 7.99. The summed E-state index contributed by atoms with van der Waals surface area (Å²) >= 11 is 1.41. The topological polar surface area (TPSA) is 77.0 Å². The number of nitrogens with zero attached hydrogens (tertiary/aromatic N) is 4. The van der Waals surface area contributed by atoms with Gasteiger partial charge in [0.2, 0.25) is 11.1 Å². The Kier molecular flexibility index (Phi) is 5.23. The zero-order chi connectivity index (χ0) is 15.4. The number of rotatable bonds is 4. The van der Waals surface area contributed by atoms with E-state index >= 15 is 0 Å². The lowest BCUT2D eigenvalue weighted by Gasteiger charge is -2.26. The number of carbonyl (C=O) groups is 1. The van der Waals surface area contributed by atoms with Crippen LogP contribution in [0.3, 0.4) is 0 Å². The van der Waals surface area contributed by atoms with Gasteiger partial charge in [0.25, 0.3) is 0 Å². The summed E-state index contributed by atoms with van der Waals surface area (Å²) < 4.78 is 1.60. The predicted octanol–water partition coefficient (Wildman–Crippen LogP) is 2.14. The zero-order valence-electron chi connectivity index (χ0n) is 13.0. The Bertz CT molecular complexity index is 506. The number of hydrogen-bond donors (Lipinski definition) is 1. The fourth-order valence-corrected chi connectivity index (χ4v) is 4.15. The molecule has 0 atom stereocenters. The molecular formula is C15H25N5OS. The van der Waals surface area contributed by atoms with E-state index in [1.807, 2.05) is 4.90 Å². The number of thioether (sulfide) groups is 1. The van der Waals surface area contributed by atoms with Gasteiger partial charge >= 0.3 is 0 Å². The van der Waals surface area contributed by atoms with Crippen molar-refractivity contribution < 1.29 is 4.79 Å². The van der Waals surface area contributed by atoms with Gasteiger partial charge in [-0.2, -0.15) is 0 Å². The highest BCUT2D eigenvalue weighted by atomic mass is 32.2. The van der Waals surface area contributed by atoms with Crippen molar-refractivity contribution >= 4 is 17.7 Å². The van der Waals surface area contributed by atoms with Crippen LogP contribution in [0.15, 0.2) is 5.16 Å². The number of hydrogen-bond acceptors (Lipinski definition) is 5. The van der Waals surface area contributed by atoms with E-state index in [9.17, 15) is 4.79 Å². The summed E-state index contributed by atoms with van der Waals surface area (Å²) in [4.78, 5) is 14.2. The molecule has 0 spiro atoms. The summed E-state index contributed by atoms with van der Waals surface area (Å²) in [6, 6.07) is 0. The Morgan fingerprint density at radius 2 is 1.77 bits per heavy atom.